The Labute approximate surface area is 236 Å². The Balaban J connectivity index is 1.14. The van der Waals surface area contributed by atoms with Crippen molar-refractivity contribution in [1.29, 1.82) is 0 Å². The molecule has 0 aliphatic carbocycles. The number of sulfonamides is 1. The first-order valence-electron chi connectivity index (χ1n) is 13.8. The average molecular weight is 562 g/mol. The molecule has 0 radical (unpaired) electrons. The quantitative estimate of drug-likeness (QED) is 0.434. The number of benzene rings is 3. The Morgan fingerprint density at radius 3 is 2.23 bits per heavy atom. The predicted octanol–water partition coefficient (Wildman–Crippen LogP) is 4.60. The highest BCUT2D eigenvalue weighted by Gasteiger charge is 2.39. The summed E-state index contributed by atoms with van der Waals surface area (Å²) in [6.45, 7) is 3.48. The van der Waals surface area contributed by atoms with Crippen molar-refractivity contribution in [1.82, 2.24) is 9.21 Å². The molecular formula is C31H35N3O5S. The lowest BCUT2D eigenvalue weighted by Gasteiger charge is -2.34. The zero-order valence-electron chi connectivity index (χ0n) is 22.7. The van der Waals surface area contributed by atoms with Crippen LogP contribution in [0.1, 0.15) is 36.8 Å². The summed E-state index contributed by atoms with van der Waals surface area (Å²) in [6.07, 6.45) is 2.26. The van der Waals surface area contributed by atoms with Crippen LogP contribution in [-0.4, -0.2) is 55.1 Å². The lowest BCUT2D eigenvalue weighted by molar-refractivity contribution is -0.141. The van der Waals surface area contributed by atoms with Crippen molar-refractivity contribution in [2.45, 2.75) is 50.2 Å². The van der Waals surface area contributed by atoms with Crippen molar-refractivity contribution in [3.05, 3.63) is 90.0 Å². The van der Waals surface area contributed by atoms with E-state index in [9.17, 15) is 18.0 Å². The molecular weight excluding hydrogens is 526 g/mol. The van der Waals surface area contributed by atoms with E-state index in [1.165, 1.54) is 4.31 Å². The third-order valence-corrected chi connectivity index (χ3v) is 9.58. The fourth-order valence-electron chi connectivity index (χ4n) is 5.34. The van der Waals surface area contributed by atoms with Gasteiger partial charge in [0.25, 0.3) is 0 Å². The van der Waals surface area contributed by atoms with Gasteiger partial charge >= 0.3 is 0 Å². The summed E-state index contributed by atoms with van der Waals surface area (Å²) in [5.41, 5.74) is 2.72. The third-order valence-electron chi connectivity index (χ3n) is 7.67. The molecule has 2 saturated heterocycles. The summed E-state index contributed by atoms with van der Waals surface area (Å²) >= 11 is 0. The van der Waals surface area contributed by atoms with Crippen molar-refractivity contribution in [3.8, 4) is 5.75 Å². The predicted molar refractivity (Wildman–Crippen MR) is 153 cm³/mol. The van der Waals surface area contributed by atoms with Gasteiger partial charge in [-0.1, -0.05) is 48.0 Å². The Morgan fingerprint density at radius 2 is 1.55 bits per heavy atom. The zero-order valence-corrected chi connectivity index (χ0v) is 23.5. The Hall–Kier alpha value is -3.69. The number of carbonyl (C=O) groups excluding carboxylic acids is 2. The molecule has 2 heterocycles. The summed E-state index contributed by atoms with van der Waals surface area (Å²) in [5, 5.41) is 2.95. The van der Waals surface area contributed by atoms with E-state index in [1.807, 2.05) is 49.4 Å². The highest BCUT2D eigenvalue weighted by molar-refractivity contribution is 7.89. The van der Waals surface area contributed by atoms with Gasteiger partial charge in [0, 0.05) is 31.2 Å². The summed E-state index contributed by atoms with van der Waals surface area (Å²) in [4.78, 5) is 28.5. The number of nitrogens with zero attached hydrogens (tertiary/aromatic N) is 2. The largest absolute Gasteiger partial charge is 0.489 e. The maximum atomic E-state index is 13.4. The highest BCUT2D eigenvalue weighted by Crippen LogP contribution is 2.29. The zero-order chi connectivity index (χ0) is 28.1. The van der Waals surface area contributed by atoms with Gasteiger partial charge in [-0.2, -0.15) is 4.31 Å². The summed E-state index contributed by atoms with van der Waals surface area (Å²) in [6, 6.07) is 23.4. The molecule has 210 valence electrons. The minimum atomic E-state index is -3.59. The van der Waals surface area contributed by atoms with Crippen molar-refractivity contribution in [3.63, 3.8) is 0 Å². The van der Waals surface area contributed by atoms with Crippen LogP contribution in [0.2, 0.25) is 0 Å². The Kier molecular flexibility index (Phi) is 8.52. The maximum Gasteiger partial charge on any atom is 0.247 e. The monoisotopic (exact) mass is 561 g/mol. The molecule has 2 amide bonds. The van der Waals surface area contributed by atoms with Gasteiger partial charge in [0.1, 0.15) is 18.4 Å². The molecule has 3 aromatic carbocycles. The second kappa shape index (κ2) is 12.2. The average Bonchev–Trinajstić information content (AvgIpc) is 3.48. The second-order valence-corrected chi connectivity index (χ2v) is 12.4. The molecule has 9 heteroatoms. The van der Waals surface area contributed by atoms with E-state index in [2.05, 4.69) is 5.32 Å². The van der Waals surface area contributed by atoms with Crippen LogP contribution in [0.3, 0.4) is 0 Å². The van der Waals surface area contributed by atoms with Crippen LogP contribution in [0.15, 0.2) is 83.8 Å². The maximum absolute atomic E-state index is 13.4. The van der Waals surface area contributed by atoms with Gasteiger partial charge < -0.3 is 15.0 Å². The first kappa shape index (κ1) is 27.9. The van der Waals surface area contributed by atoms with E-state index in [1.54, 1.807) is 41.3 Å². The normalized spacial score (nSPS) is 18.4. The molecule has 2 aliphatic rings. The van der Waals surface area contributed by atoms with Gasteiger partial charge in [0.15, 0.2) is 0 Å². The molecule has 8 nitrogen and oxygen atoms in total. The van der Waals surface area contributed by atoms with Crippen LogP contribution in [0.25, 0.3) is 0 Å². The van der Waals surface area contributed by atoms with E-state index < -0.39 is 16.1 Å². The third kappa shape index (κ3) is 6.37. The molecule has 1 atom stereocenters. The molecule has 2 aliphatic heterocycles. The number of nitrogens with one attached hydrogen (secondary N) is 1. The summed E-state index contributed by atoms with van der Waals surface area (Å²) < 4.78 is 33.4. The molecule has 3 aromatic rings. The molecule has 0 bridgehead atoms. The topological polar surface area (TPSA) is 96.0 Å². The van der Waals surface area contributed by atoms with Gasteiger partial charge in [-0.05, 0) is 74.6 Å². The minimum Gasteiger partial charge on any atom is -0.489 e. The van der Waals surface area contributed by atoms with E-state index in [-0.39, 0.29) is 35.7 Å². The first-order chi connectivity index (χ1) is 19.3. The number of aryl methyl sites for hydroxylation is 1. The second-order valence-electron chi connectivity index (χ2n) is 10.5. The Morgan fingerprint density at radius 1 is 0.875 bits per heavy atom. The van der Waals surface area contributed by atoms with Gasteiger partial charge in [-0.15, -0.1) is 0 Å². The lowest BCUT2D eigenvalue weighted by atomic mass is 9.96. The number of carbonyl (C=O) groups is 2. The molecule has 0 unspecified atom stereocenters. The van der Waals surface area contributed by atoms with Gasteiger partial charge in [0.2, 0.25) is 21.8 Å². The molecule has 40 heavy (non-hydrogen) atoms. The van der Waals surface area contributed by atoms with E-state index in [0.717, 1.165) is 17.5 Å². The first-order valence-corrected chi connectivity index (χ1v) is 15.2. The molecule has 0 spiro atoms. The van der Waals surface area contributed by atoms with Crippen LogP contribution in [0.4, 0.5) is 5.69 Å². The molecule has 0 saturated carbocycles. The minimum absolute atomic E-state index is 0.0605. The summed E-state index contributed by atoms with van der Waals surface area (Å²) in [5.74, 6) is 0.145. The van der Waals surface area contributed by atoms with Crippen molar-refractivity contribution < 1.29 is 22.7 Å². The number of rotatable bonds is 8. The van der Waals surface area contributed by atoms with Crippen LogP contribution in [-0.2, 0) is 26.2 Å². The molecule has 1 N–H and O–H groups in total. The van der Waals surface area contributed by atoms with E-state index in [0.29, 0.717) is 43.9 Å². The van der Waals surface area contributed by atoms with Crippen LogP contribution < -0.4 is 10.1 Å². The molecule has 0 aromatic heterocycles. The fraction of sp³-hybridized carbons (Fsp3) is 0.355. The lowest BCUT2D eigenvalue weighted by Crippen LogP contribution is -2.48. The number of piperidine rings is 1. The van der Waals surface area contributed by atoms with Crippen molar-refractivity contribution in [2.75, 3.05) is 25.0 Å². The number of likely N-dealkylation sites (tertiary alicyclic amines) is 1. The molecule has 2 fully saturated rings. The standard InChI is InChI=1S/C31H35N3O5S/c1-23-9-15-28(16-10-23)40(37,38)33-20-17-25(18-21-33)31(36)34-19-5-8-29(34)30(35)32-26-11-13-27(14-12-26)39-22-24-6-3-2-4-7-24/h2-4,6-7,9-16,25,29H,5,8,17-22H2,1H3,(H,32,35)/t29-/m0/s1. The van der Waals surface area contributed by atoms with Crippen molar-refractivity contribution >= 4 is 27.5 Å². The van der Waals surface area contributed by atoms with E-state index in [4.69, 9.17) is 4.74 Å². The SMILES string of the molecule is Cc1ccc(S(=O)(=O)N2CCC(C(=O)N3CCC[C@H]3C(=O)Nc3ccc(OCc4ccccc4)cc3)CC2)cc1. The molecule has 5 rings (SSSR count). The number of hydrogen-bond donors (Lipinski definition) is 1. The Bertz CT molecular complexity index is 1420. The van der Waals surface area contributed by atoms with Gasteiger partial charge in [-0.25, -0.2) is 8.42 Å². The van der Waals surface area contributed by atoms with E-state index >= 15 is 0 Å². The number of amides is 2. The van der Waals surface area contributed by atoms with Gasteiger partial charge in [-0.3, -0.25) is 9.59 Å². The van der Waals surface area contributed by atoms with Crippen molar-refractivity contribution in [2.24, 2.45) is 5.92 Å². The highest BCUT2D eigenvalue weighted by atomic mass is 32.2. The van der Waals surface area contributed by atoms with Crippen LogP contribution in [0.5, 0.6) is 5.75 Å². The van der Waals surface area contributed by atoms with Crippen LogP contribution >= 0.6 is 0 Å². The number of hydrogen-bond acceptors (Lipinski definition) is 5. The summed E-state index contributed by atoms with van der Waals surface area (Å²) in [7, 11) is -3.59. The number of ether oxygens (including phenoxy) is 1. The number of anilines is 1. The smallest absolute Gasteiger partial charge is 0.247 e. The van der Waals surface area contributed by atoms with Gasteiger partial charge in [0.05, 0.1) is 4.90 Å². The van der Waals surface area contributed by atoms with Crippen LogP contribution in [0, 0.1) is 12.8 Å². The fourth-order valence-corrected chi connectivity index (χ4v) is 6.81.